The smallest absolute Gasteiger partial charge is 0.341 e. The fourth-order valence-electron chi connectivity index (χ4n) is 3.01. The number of methoxy groups -OCH3 is 1. The summed E-state index contributed by atoms with van der Waals surface area (Å²) in [6, 6.07) is 17.4. The second kappa shape index (κ2) is 10.6. The zero-order valence-electron chi connectivity index (χ0n) is 17.1. The van der Waals surface area contributed by atoms with Crippen LogP contribution in [0.1, 0.15) is 35.7 Å². The van der Waals surface area contributed by atoms with Gasteiger partial charge in [0.05, 0.1) is 13.7 Å². The fraction of sp³-hybridized carbons (Fsp3) is 0.250. The maximum atomic E-state index is 12.5. The molecular formula is C24H25NO4S. The van der Waals surface area contributed by atoms with Crippen molar-refractivity contribution < 1.29 is 19.1 Å². The van der Waals surface area contributed by atoms with E-state index in [1.807, 2.05) is 60.0 Å². The maximum Gasteiger partial charge on any atom is 0.341 e. The highest BCUT2D eigenvalue weighted by molar-refractivity contribution is 7.15. The van der Waals surface area contributed by atoms with Crippen LogP contribution in [0.4, 0.5) is 5.00 Å². The first-order chi connectivity index (χ1) is 14.6. The second-order valence-electron chi connectivity index (χ2n) is 6.75. The van der Waals surface area contributed by atoms with Crippen LogP contribution in [0.5, 0.6) is 5.75 Å². The Balaban J connectivity index is 1.76. The fourth-order valence-corrected chi connectivity index (χ4v) is 3.98. The number of amides is 1. The highest BCUT2D eigenvalue weighted by Crippen LogP contribution is 2.37. The number of benzene rings is 2. The minimum absolute atomic E-state index is 0.138. The van der Waals surface area contributed by atoms with Gasteiger partial charge in [0, 0.05) is 17.4 Å². The molecule has 0 atom stereocenters. The lowest BCUT2D eigenvalue weighted by Crippen LogP contribution is -2.14. The van der Waals surface area contributed by atoms with E-state index in [9.17, 15) is 9.59 Å². The third kappa shape index (κ3) is 5.48. The SMILES string of the molecule is CCCOc1ccc(-c2csc(NC(=O)CCc3ccccc3)c2C(=O)OC)cc1. The van der Waals surface area contributed by atoms with Gasteiger partial charge in [-0.3, -0.25) is 4.79 Å². The Bertz CT molecular complexity index is 980. The van der Waals surface area contributed by atoms with Crippen molar-refractivity contribution in [1.82, 2.24) is 0 Å². The first kappa shape index (κ1) is 21.6. The molecule has 1 heterocycles. The molecule has 1 aromatic heterocycles. The molecule has 3 rings (SSSR count). The standard InChI is InChI=1S/C24H25NO4S/c1-3-15-29-19-12-10-18(11-13-19)20-16-30-23(22(20)24(27)28-2)25-21(26)14-9-17-7-5-4-6-8-17/h4-8,10-13,16H,3,9,14-15H2,1-2H3,(H,25,26). The molecule has 0 unspecified atom stereocenters. The molecule has 0 saturated heterocycles. The number of carbonyl (C=O) groups is 2. The summed E-state index contributed by atoms with van der Waals surface area (Å²) < 4.78 is 10.6. The molecule has 6 heteroatoms. The number of anilines is 1. The number of rotatable bonds is 9. The molecule has 0 fully saturated rings. The Morgan fingerprint density at radius 1 is 1.03 bits per heavy atom. The predicted molar refractivity (Wildman–Crippen MR) is 120 cm³/mol. The summed E-state index contributed by atoms with van der Waals surface area (Å²) in [5.74, 6) is 0.168. The lowest BCUT2D eigenvalue weighted by atomic mass is 10.0. The number of carbonyl (C=O) groups excluding carboxylic acids is 2. The van der Waals surface area contributed by atoms with Gasteiger partial charge in [-0.15, -0.1) is 11.3 Å². The average molecular weight is 424 g/mol. The Hall–Kier alpha value is -3.12. The first-order valence-corrected chi connectivity index (χ1v) is 10.8. The van der Waals surface area contributed by atoms with Crippen LogP contribution in [-0.2, 0) is 16.0 Å². The predicted octanol–water partition coefficient (Wildman–Crippen LogP) is 5.56. The number of aryl methyl sites for hydroxylation is 1. The third-order valence-electron chi connectivity index (χ3n) is 4.56. The molecule has 0 spiro atoms. The van der Waals surface area contributed by atoms with Crippen molar-refractivity contribution in [3.8, 4) is 16.9 Å². The summed E-state index contributed by atoms with van der Waals surface area (Å²) in [4.78, 5) is 24.9. The summed E-state index contributed by atoms with van der Waals surface area (Å²) in [5, 5.41) is 5.24. The zero-order chi connectivity index (χ0) is 21.3. The summed E-state index contributed by atoms with van der Waals surface area (Å²) in [6.45, 7) is 2.71. The van der Waals surface area contributed by atoms with Crippen molar-refractivity contribution in [3.05, 3.63) is 71.1 Å². The molecule has 1 amide bonds. The Morgan fingerprint density at radius 3 is 2.43 bits per heavy atom. The van der Waals surface area contributed by atoms with Crippen LogP contribution in [0.25, 0.3) is 11.1 Å². The highest BCUT2D eigenvalue weighted by Gasteiger charge is 2.22. The van der Waals surface area contributed by atoms with Gasteiger partial charge in [0.25, 0.3) is 0 Å². The second-order valence-corrected chi connectivity index (χ2v) is 7.63. The number of esters is 1. The van der Waals surface area contributed by atoms with Crippen molar-refractivity contribution in [2.45, 2.75) is 26.2 Å². The van der Waals surface area contributed by atoms with Gasteiger partial charge >= 0.3 is 5.97 Å². The molecule has 30 heavy (non-hydrogen) atoms. The molecule has 0 saturated carbocycles. The number of ether oxygens (including phenoxy) is 2. The van der Waals surface area contributed by atoms with Crippen LogP contribution in [0.15, 0.2) is 60.0 Å². The van der Waals surface area contributed by atoms with Gasteiger partial charge in [-0.1, -0.05) is 49.4 Å². The normalized spacial score (nSPS) is 10.5. The van der Waals surface area contributed by atoms with Gasteiger partial charge in [-0.2, -0.15) is 0 Å². The summed E-state index contributed by atoms with van der Waals surface area (Å²) in [5.41, 5.74) is 3.06. The van der Waals surface area contributed by atoms with Crippen molar-refractivity contribution in [3.63, 3.8) is 0 Å². The van der Waals surface area contributed by atoms with E-state index in [1.54, 1.807) is 0 Å². The van der Waals surface area contributed by atoms with Gasteiger partial charge < -0.3 is 14.8 Å². The van der Waals surface area contributed by atoms with Gasteiger partial charge in [0.2, 0.25) is 5.91 Å². The lowest BCUT2D eigenvalue weighted by molar-refractivity contribution is -0.116. The van der Waals surface area contributed by atoms with E-state index in [4.69, 9.17) is 9.47 Å². The molecule has 3 aromatic rings. The van der Waals surface area contributed by atoms with E-state index >= 15 is 0 Å². The van der Waals surface area contributed by atoms with Gasteiger partial charge in [0.1, 0.15) is 16.3 Å². The quantitative estimate of drug-likeness (QED) is 0.458. The van der Waals surface area contributed by atoms with E-state index in [2.05, 4.69) is 12.2 Å². The van der Waals surface area contributed by atoms with E-state index in [0.29, 0.717) is 30.0 Å². The van der Waals surface area contributed by atoms with Crippen molar-refractivity contribution in [2.24, 2.45) is 0 Å². The van der Waals surface area contributed by atoms with Crippen molar-refractivity contribution in [1.29, 1.82) is 0 Å². The molecule has 0 bridgehead atoms. The average Bonchev–Trinajstić information content (AvgIpc) is 3.20. The zero-order valence-corrected chi connectivity index (χ0v) is 18.0. The first-order valence-electron chi connectivity index (χ1n) is 9.89. The molecule has 2 aromatic carbocycles. The Kier molecular flexibility index (Phi) is 7.63. The molecule has 0 aliphatic rings. The van der Waals surface area contributed by atoms with Crippen LogP contribution < -0.4 is 10.1 Å². The Labute approximate surface area is 180 Å². The van der Waals surface area contributed by atoms with E-state index in [0.717, 1.165) is 28.9 Å². The molecule has 0 aliphatic heterocycles. The van der Waals surface area contributed by atoms with Crippen molar-refractivity contribution in [2.75, 3.05) is 19.0 Å². The molecular weight excluding hydrogens is 398 g/mol. The van der Waals surface area contributed by atoms with Crippen LogP contribution in [0.2, 0.25) is 0 Å². The van der Waals surface area contributed by atoms with E-state index < -0.39 is 5.97 Å². The number of thiophene rings is 1. The molecule has 1 N–H and O–H groups in total. The number of hydrogen-bond acceptors (Lipinski definition) is 5. The van der Waals surface area contributed by atoms with Gasteiger partial charge in [-0.25, -0.2) is 4.79 Å². The van der Waals surface area contributed by atoms with Gasteiger partial charge in [-0.05, 0) is 36.1 Å². The van der Waals surface area contributed by atoms with Crippen LogP contribution in [0, 0.1) is 0 Å². The van der Waals surface area contributed by atoms with Crippen LogP contribution in [-0.4, -0.2) is 25.6 Å². The number of hydrogen-bond donors (Lipinski definition) is 1. The monoisotopic (exact) mass is 423 g/mol. The summed E-state index contributed by atoms with van der Waals surface area (Å²) >= 11 is 1.32. The summed E-state index contributed by atoms with van der Waals surface area (Å²) in [7, 11) is 1.34. The van der Waals surface area contributed by atoms with Gasteiger partial charge in [0.15, 0.2) is 0 Å². The highest BCUT2D eigenvalue weighted by atomic mass is 32.1. The Morgan fingerprint density at radius 2 is 1.77 bits per heavy atom. The topological polar surface area (TPSA) is 64.6 Å². The van der Waals surface area contributed by atoms with E-state index in [-0.39, 0.29) is 5.91 Å². The molecule has 156 valence electrons. The third-order valence-corrected chi connectivity index (χ3v) is 5.45. The maximum absolute atomic E-state index is 12.5. The number of nitrogens with one attached hydrogen (secondary N) is 1. The van der Waals surface area contributed by atoms with Crippen LogP contribution in [0.3, 0.4) is 0 Å². The largest absolute Gasteiger partial charge is 0.494 e. The minimum Gasteiger partial charge on any atom is -0.494 e. The molecule has 0 radical (unpaired) electrons. The lowest BCUT2D eigenvalue weighted by Gasteiger charge is -2.09. The van der Waals surface area contributed by atoms with E-state index in [1.165, 1.54) is 18.4 Å². The summed E-state index contributed by atoms with van der Waals surface area (Å²) in [6.07, 6.45) is 1.91. The minimum atomic E-state index is -0.476. The van der Waals surface area contributed by atoms with Crippen molar-refractivity contribution >= 4 is 28.2 Å². The van der Waals surface area contributed by atoms with Crippen LogP contribution >= 0.6 is 11.3 Å². The molecule has 5 nitrogen and oxygen atoms in total. The molecule has 0 aliphatic carbocycles.